The number of methoxy groups -OCH3 is 3. The fourth-order valence-electron chi connectivity index (χ4n) is 12.5. The van der Waals surface area contributed by atoms with Gasteiger partial charge in [-0.1, -0.05) is 50.3 Å². The van der Waals surface area contributed by atoms with Crippen LogP contribution in [0.15, 0.2) is 48.2 Å². The van der Waals surface area contributed by atoms with Crippen LogP contribution in [0.2, 0.25) is 0 Å². The van der Waals surface area contributed by atoms with E-state index in [0.717, 1.165) is 30.5 Å². The molecule has 1 aromatic carbocycles. The highest BCUT2D eigenvalue weighted by molar-refractivity contribution is 5.99. The molecule has 0 spiro atoms. The highest BCUT2D eigenvalue weighted by atomic mass is 19.1. The van der Waals surface area contributed by atoms with E-state index in [2.05, 4.69) is 36.9 Å². The highest BCUT2D eigenvalue weighted by Crippen LogP contribution is 2.59. The number of esters is 1. The first-order chi connectivity index (χ1) is 30.8. The average molecular weight is 897 g/mol. The number of likely N-dealkylation sites (N-methyl/N-ethyl adjacent to an activating group) is 1. The summed E-state index contributed by atoms with van der Waals surface area (Å²) in [6, 6.07) is 9.54. The van der Waals surface area contributed by atoms with Gasteiger partial charge in [0.05, 0.1) is 42.6 Å². The van der Waals surface area contributed by atoms with E-state index in [4.69, 9.17) is 37.9 Å². The molecule has 0 amide bonds. The van der Waals surface area contributed by atoms with Crippen LogP contribution in [0.1, 0.15) is 91.0 Å². The van der Waals surface area contributed by atoms with E-state index in [-0.39, 0.29) is 72.5 Å². The smallest absolute Gasteiger partial charge is 0.306 e. The second kappa shape index (κ2) is 20.5. The summed E-state index contributed by atoms with van der Waals surface area (Å²) in [5, 5.41) is 1.86. The predicted octanol–water partition coefficient (Wildman–Crippen LogP) is 5.96. The zero-order valence-corrected chi connectivity index (χ0v) is 39.2. The van der Waals surface area contributed by atoms with Crippen molar-refractivity contribution in [1.29, 1.82) is 0 Å². The van der Waals surface area contributed by atoms with E-state index in [0.29, 0.717) is 37.7 Å². The third kappa shape index (κ3) is 9.44. The van der Waals surface area contributed by atoms with Gasteiger partial charge in [0.1, 0.15) is 30.6 Å². The predicted molar refractivity (Wildman–Crippen MR) is 236 cm³/mol. The van der Waals surface area contributed by atoms with Crippen LogP contribution in [0.5, 0.6) is 0 Å². The number of fused-ring (bicyclic) bond motifs is 5. The number of nitrogens with zero attached hydrogens (tertiary/aromatic N) is 2. The van der Waals surface area contributed by atoms with Gasteiger partial charge in [-0.15, -0.1) is 5.53 Å². The number of ether oxygens (including phenoxy) is 8. The summed E-state index contributed by atoms with van der Waals surface area (Å²) >= 11 is 0. The summed E-state index contributed by atoms with van der Waals surface area (Å²) in [5.41, 5.74) is 8.87. The molecule has 0 bridgehead atoms. The van der Waals surface area contributed by atoms with Crippen LogP contribution in [0.25, 0.3) is 5.70 Å². The van der Waals surface area contributed by atoms with Crippen molar-refractivity contribution in [3.63, 3.8) is 0 Å². The molecule has 3 saturated heterocycles. The summed E-state index contributed by atoms with van der Waals surface area (Å²) < 4.78 is 68.6. The number of hydrogen-bond acceptors (Lipinski definition) is 14. The Morgan fingerprint density at radius 1 is 0.875 bits per heavy atom. The summed E-state index contributed by atoms with van der Waals surface area (Å²) in [5.74, 6) is -2.97. The number of benzene rings is 1. The number of Topliss-reactive ketones (excluding diaryl/α,β-unsaturated/α-hetero) is 1. The van der Waals surface area contributed by atoms with Gasteiger partial charge in [-0.3, -0.25) is 14.6 Å². The standard InChI is InChI=1S/C49H73FN4O10/c1-10-30-17-14-18-39(64-41-20-19-38(53(5)6)27(3)60-41)26(2)45(56)36-23-33-32-21-31(63-49-48(59-9)47(58-8)46(57-7)28(4)61-49)22-35(32)44(43(50)42(33)34(36)24-40(55)62-30)54-25-37(51-52-54)29-15-12-11-13-16-29/h11-13,15-16,23,25-28,30-35,38-39,41-44,46-49,51-52H,10,14,17-22,24H2,1-9H3/t26-,27?,28?,30+,31+,32+,33+,34-,35-,38+,39+,41+,42-,43?,44?,46+,47?,48+,49+/m1/s1. The topological polar surface area (TPSA) is 139 Å². The zero-order chi connectivity index (χ0) is 45.4. The fraction of sp³-hybridized carbons (Fsp3) is 0.755. The van der Waals surface area contributed by atoms with Crippen molar-refractivity contribution < 1.29 is 51.9 Å². The Labute approximate surface area is 379 Å². The third-order valence-corrected chi connectivity index (χ3v) is 15.8. The summed E-state index contributed by atoms with van der Waals surface area (Å²) in [6.07, 6.45) is 3.95. The van der Waals surface area contributed by atoms with Crippen molar-refractivity contribution in [1.82, 2.24) is 20.9 Å². The number of hydrogen-bond donors (Lipinski definition) is 2. The van der Waals surface area contributed by atoms with E-state index < -0.39 is 60.9 Å². The fourth-order valence-corrected chi connectivity index (χ4v) is 12.5. The first-order valence-electron chi connectivity index (χ1n) is 23.9. The van der Waals surface area contributed by atoms with Crippen molar-refractivity contribution in [2.75, 3.05) is 35.4 Å². The monoisotopic (exact) mass is 897 g/mol. The maximum absolute atomic E-state index is 18.3. The highest BCUT2D eigenvalue weighted by Gasteiger charge is 2.62. The van der Waals surface area contributed by atoms with Gasteiger partial charge >= 0.3 is 5.97 Å². The number of carbonyl (C=O) groups excluding carboxylic acids is 2. The number of nitrogens with one attached hydrogen (secondary N) is 2. The molecule has 4 heterocycles. The number of cyclic esters (lactones) is 1. The third-order valence-electron chi connectivity index (χ3n) is 15.8. The minimum Gasteiger partial charge on any atom is -0.462 e. The van der Waals surface area contributed by atoms with Crippen molar-refractivity contribution in [2.45, 2.75) is 165 Å². The zero-order valence-electron chi connectivity index (χ0n) is 39.2. The molecule has 15 heteroatoms. The van der Waals surface area contributed by atoms with Gasteiger partial charge < -0.3 is 48.2 Å². The Bertz CT molecular complexity index is 1820. The summed E-state index contributed by atoms with van der Waals surface area (Å²) in [4.78, 5) is 31.3. The lowest BCUT2D eigenvalue weighted by Crippen LogP contribution is -2.59. The Morgan fingerprint density at radius 3 is 2.30 bits per heavy atom. The number of halogens is 1. The molecule has 14 nitrogen and oxygen atoms in total. The van der Waals surface area contributed by atoms with Crippen molar-refractivity contribution in [2.24, 2.45) is 35.5 Å². The number of hydrazine groups is 2. The molecule has 1 aromatic rings. The summed E-state index contributed by atoms with van der Waals surface area (Å²) in [6.45, 7) is 7.98. The molecule has 4 aliphatic heterocycles. The first-order valence-corrected chi connectivity index (χ1v) is 23.9. The van der Waals surface area contributed by atoms with Crippen LogP contribution in [-0.2, 0) is 47.5 Å². The molecular weight excluding hydrogens is 824 g/mol. The molecule has 0 radical (unpaired) electrons. The molecule has 8 rings (SSSR count). The lowest BCUT2D eigenvalue weighted by atomic mass is 9.63. The van der Waals surface area contributed by atoms with Gasteiger partial charge in [-0.25, -0.2) is 4.39 Å². The van der Waals surface area contributed by atoms with E-state index >= 15 is 9.18 Å². The van der Waals surface area contributed by atoms with Crippen LogP contribution in [-0.4, -0.2) is 137 Å². The molecule has 2 saturated carbocycles. The lowest BCUT2D eigenvalue weighted by molar-refractivity contribution is -0.314. The number of rotatable bonds is 11. The van der Waals surface area contributed by atoms with Crippen LogP contribution >= 0.6 is 0 Å². The molecule has 19 atom stereocenters. The molecular formula is C49H73FN4O10. The largest absolute Gasteiger partial charge is 0.462 e. The van der Waals surface area contributed by atoms with E-state index in [9.17, 15) is 4.79 Å². The maximum atomic E-state index is 18.3. The Kier molecular flexibility index (Phi) is 15.2. The van der Waals surface area contributed by atoms with Gasteiger partial charge in [-0.2, -0.15) is 0 Å². The Morgan fingerprint density at radius 2 is 1.61 bits per heavy atom. The number of carbonyl (C=O) groups is 2. The van der Waals surface area contributed by atoms with Crippen molar-refractivity contribution in [3.8, 4) is 0 Å². The minimum absolute atomic E-state index is 0.0300. The molecule has 64 heavy (non-hydrogen) atoms. The molecule has 5 unspecified atom stereocenters. The molecule has 7 aliphatic rings. The number of ketones is 1. The SMILES string of the molecule is CC[C@H]1CCC[C@H](O[C@H]2CC[C@H](N(C)C)C(C)O2)[C@@H](C)C(=O)C2=C[C@H]3[C@@H]4C[C@H](O[C@@H]5OC(C)[C@H](OC)C(OC)[C@@H]5OC)C[C@H]4C(N4C=C(c5ccccc5)NN4)C(F)[C@H]3[C@@H]2CC(=O)O1. The van der Waals surface area contributed by atoms with Crippen molar-refractivity contribution >= 4 is 17.4 Å². The van der Waals surface area contributed by atoms with Crippen LogP contribution in [0.3, 0.4) is 0 Å². The lowest BCUT2D eigenvalue weighted by Gasteiger charge is -2.48. The van der Waals surface area contributed by atoms with Gasteiger partial charge in [0.15, 0.2) is 18.4 Å². The quantitative estimate of drug-likeness (QED) is 0.253. The van der Waals surface area contributed by atoms with Crippen LogP contribution in [0.4, 0.5) is 4.39 Å². The van der Waals surface area contributed by atoms with Crippen molar-refractivity contribution in [3.05, 3.63) is 53.7 Å². The van der Waals surface area contributed by atoms with Gasteiger partial charge in [-0.05, 0) is 103 Å². The molecule has 0 aromatic heterocycles. The van der Waals surface area contributed by atoms with E-state index in [1.807, 2.05) is 68.4 Å². The molecule has 3 aliphatic carbocycles. The Hall–Kier alpha value is -2.99. The normalized spacial score (nSPS) is 43.0. The minimum atomic E-state index is -1.43. The van der Waals surface area contributed by atoms with E-state index in [1.54, 1.807) is 21.3 Å². The summed E-state index contributed by atoms with van der Waals surface area (Å²) in [7, 11) is 9.01. The van der Waals surface area contributed by atoms with Crippen LogP contribution in [0, 0.1) is 35.5 Å². The molecule has 2 N–H and O–H groups in total. The average Bonchev–Trinajstić information content (AvgIpc) is 4.03. The van der Waals surface area contributed by atoms with Gasteiger partial charge in [0.25, 0.3) is 0 Å². The van der Waals surface area contributed by atoms with Gasteiger partial charge in [0.2, 0.25) is 0 Å². The number of allylic oxidation sites excluding steroid dienone is 2. The van der Waals surface area contributed by atoms with Crippen LogP contribution < -0.4 is 11.0 Å². The first kappa shape index (κ1) is 47.5. The van der Waals surface area contributed by atoms with E-state index in [1.165, 1.54) is 0 Å². The molecule has 5 fully saturated rings. The number of alkyl halides is 1. The Balaban J connectivity index is 1.12. The van der Waals surface area contributed by atoms with Gasteiger partial charge in [0, 0.05) is 56.9 Å². The maximum Gasteiger partial charge on any atom is 0.306 e. The second-order valence-corrected chi connectivity index (χ2v) is 19.6. The molecule has 356 valence electrons. The second-order valence-electron chi connectivity index (χ2n) is 19.6.